The molecule has 0 bridgehead atoms. The molecule has 0 saturated heterocycles. The highest BCUT2D eigenvalue weighted by molar-refractivity contribution is 5.81. The van der Waals surface area contributed by atoms with Gasteiger partial charge in [-0.15, -0.1) is 0 Å². The summed E-state index contributed by atoms with van der Waals surface area (Å²) in [6, 6.07) is -0.139. The van der Waals surface area contributed by atoms with Gasteiger partial charge in [-0.25, -0.2) is 0 Å². The first-order valence-corrected chi connectivity index (χ1v) is 6.21. The van der Waals surface area contributed by atoms with E-state index in [1.807, 2.05) is 0 Å². The minimum atomic E-state index is -0.765. The largest absolute Gasteiger partial charge is 0.481 e. The normalized spacial score (nSPS) is 30.5. The molecule has 2 fully saturated rings. The number of aliphatic carboxylic acids is 1. The van der Waals surface area contributed by atoms with E-state index < -0.39 is 5.97 Å². The van der Waals surface area contributed by atoms with Crippen LogP contribution in [-0.4, -0.2) is 23.0 Å². The van der Waals surface area contributed by atoms with Crippen molar-refractivity contribution in [3.05, 3.63) is 0 Å². The van der Waals surface area contributed by atoms with Gasteiger partial charge in [0.05, 0.1) is 5.92 Å². The van der Waals surface area contributed by atoms with Crippen LogP contribution in [0.5, 0.6) is 0 Å². The van der Waals surface area contributed by atoms with Crippen molar-refractivity contribution in [1.82, 2.24) is 5.32 Å². The van der Waals surface area contributed by atoms with Crippen LogP contribution < -0.4 is 5.32 Å². The molecule has 2 saturated carbocycles. The second-order valence-electron chi connectivity index (χ2n) is 4.97. The lowest BCUT2D eigenvalue weighted by Gasteiger charge is -2.32. The van der Waals surface area contributed by atoms with E-state index in [1.54, 1.807) is 0 Å². The molecule has 2 rings (SSSR count). The summed E-state index contributed by atoms with van der Waals surface area (Å²) in [4.78, 5) is 22.8. The van der Waals surface area contributed by atoms with Gasteiger partial charge in [-0.05, 0) is 25.7 Å². The third-order valence-corrected chi connectivity index (χ3v) is 3.89. The van der Waals surface area contributed by atoms with Crippen LogP contribution in [0.15, 0.2) is 0 Å². The number of hydrogen-bond donors (Lipinski definition) is 2. The Morgan fingerprint density at radius 3 is 2.25 bits per heavy atom. The first-order valence-electron chi connectivity index (χ1n) is 6.21. The Hall–Kier alpha value is -1.06. The van der Waals surface area contributed by atoms with Crippen molar-refractivity contribution >= 4 is 11.9 Å². The van der Waals surface area contributed by atoms with Crippen molar-refractivity contribution in [1.29, 1.82) is 0 Å². The molecule has 2 aliphatic carbocycles. The smallest absolute Gasteiger partial charge is 0.308 e. The Kier molecular flexibility index (Phi) is 3.46. The van der Waals surface area contributed by atoms with Gasteiger partial charge < -0.3 is 10.4 Å². The number of rotatable bonds is 3. The zero-order valence-corrected chi connectivity index (χ0v) is 9.45. The first kappa shape index (κ1) is 11.4. The number of carbonyl (C=O) groups excluding carboxylic acids is 1. The molecule has 90 valence electrons. The lowest BCUT2D eigenvalue weighted by Crippen LogP contribution is -2.48. The van der Waals surface area contributed by atoms with Crippen molar-refractivity contribution in [2.24, 2.45) is 11.8 Å². The maximum atomic E-state index is 11.8. The van der Waals surface area contributed by atoms with Gasteiger partial charge in [0, 0.05) is 12.0 Å². The summed E-state index contributed by atoms with van der Waals surface area (Å²) in [7, 11) is 0. The number of amides is 1. The van der Waals surface area contributed by atoms with Crippen LogP contribution in [0, 0.1) is 11.8 Å². The molecule has 16 heavy (non-hydrogen) atoms. The minimum Gasteiger partial charge on any atom is -0.481 e. The van der Waals surface area contributed by atoms with Gasteiger partial charge in [-0.2, -0.15) is 0 Å². The van der Waals surface area contributed by atoms with E-state index >= 15 is 0 Å². The highest BCUT2D eigenvalue weighted by atomic mass is 16.4. The molecule has 1 amide bonds. The van der Waals surface area contributed by atoms with Crippen molar-refractivity contribution in [3.63, 3.8) is 0 Å². The summed E-state index contributed by atoms with van der Waals surface area (Å²) in [5.74, 6) is -0.919. The Labute approximate surface area is 95.4 Å². The maximum Gasteiger partial charge on any atom is 0.308 e. The van der Waals surface area contributed by atoms with Crippen molar-refractivity contribution < 1.29 is 14.7 Å². The van der Waals surface area contributed by atoms with Gasteiger partial charge >= 0.3 is 5.97 Å². The summed E-state index contributed by atoms with van der Waals surface area (Å²) in [5.41, 5.74) is 0. The molecule has 4 nitrogen and oxygen atoms in total. The van der Waals surface area contributed by atoms with Gasteiger partial charge in [0.15, 0.2) is 0 Å². The predicted molar refractivity (Wildman–Crippen MR) is 58.9 cm³/mol. The Balaban J connectivity index is 1.90. The fourth-order valence-electron chi connectivity index (χ4n) is 2.57. The standard InChI is InChI=1S/C12H19NO3/c14-11(8-4-3-5-8)13-10-7-2-1-6-9(10)12(15)16/h8-10H,1-7H2,(H,13,14)(H,15,16). The van der Waals surface area contributed by atoms with Crippen molar-refractivity contribution in [2.45, 2.75) is 51.0 Å². The fourth-order valence-corrected chi connectivity index (χ4v) is 2.57. The van der Waals surface area contributed by atoms with E-state index in [0.29, 0.717) is 6.42 Å². The number of carboxylic acids is 1. The molecule has 0 aromatic heterocycles. The SMILES string of the molecule is O=C(NC1CCCCC1C(=O)O)C1CCC1. The first-order chi connectivity index (χ1) is 7.68. The second kappa shape index (κ2) is 4.85. The molecule has 0 spiro atoms. The van der Waals surface area contributed by atoms with Crippen LogP contribution in [-0.2, 0) is 9.59 Å². The molecule has 2 atom stereocenters. The molecule has 0 aromatic rings. The van der Waals surface area contributed by atoms with Crippen LogP contribution in [0.3, 0.4) is 0 Å². The van der Waals surface area contributed by atoms with E-state index in [2.05, 4.69) is 5.32 Å². The molecule has 2 aliphatic rings. The van der Waals surface area contributed by atoms with E-state index in [-0.39, 0.29) is 23.8 Å². The summed E-state index contributed by atoms with van der Waals surface area (Å²) >= 11 is 0. The lowest BCUT2D eigenvalue weighted by molar-refractivity contribution is -0.144. The monoisotopic (exact) mass is 225 g/mol. The Morgan fingerprint density at radius 1 is 1.00 bits per heavy atom. The topological polar surface area (TPSA) is 66.4 Å². The molecule has 4 heteroatoms. The lowest BCUT2D eigenvalue weighted by atomic mass is 9.81. The van der Waals surface area contributed by atoms with Crippen molar-refractivity contribution in [3.8, 4) is 0 Å². The average Bonchev–Trinajstić information content (AvgIpc) is 2.15. The molecular formula is C12H19NO3. The highest BCUT2D eigenvalue weighted by Gasteiger charge is 2.34. The zero-order valence-electron chi connectivity index (χ0n) is 9.45. The van der Waals surface area contributed by atoms with Gasteiger partial charge in [-0.1, -0.05) is 19.3 Å². The van der Waals surface area contributed by atoms with Crippen LogP contribution in [0.4, 0.5) is 0 Å². The van der Waals surface area contributed by atoms with Crippen LogP contribution in [0.25, 0.3) is 0 Å². The van der Waals surface area contributed by atoms with Crippen molar-refractivity contribution in [2.75, 3.05) is 0 Å². The van der Waals surface area contributed by atoms with Gasteiger partial charge in [-0.3, -0.25) is 9.59 Å². The van der Waals surface area contributed by atoms with Crippen LogP contribution in [0.2, 0.25) is 0 Å². The zero-order chi connectivity index (χ0) is 11.5. The maximum absolute atomic E-state index is 11.8. The van der Waals surface area contributed by atoms with Gasteiger partial charge in [0.1, 0.15) is 0 Å². The van der Waals surface area contributed by atoms with Crippen LogP contribution in [0.1, 0.15) is 44.9 Å². The molecule has 2 N–H and O–H groups in total. The summed E-state index contributed by atoms with van der Waals surface area (Å²) in [6.45, 7) is 0. The van der Waals surface area contributed by atoms with E-state index in [9.17, 15) is 9.59 Å². The predicted octanol–water partition coefficient (Wildman–Crippen LogP) is 1.55. The third-order valence-electron chi connectivity index (χ3n) is 3.89. The minimum absolute atomic E-state index is 0.0735. The molecule has 2 unspecified atom stereocenters. The molecule has 0 aromatic carbocycles. The summed E-state index contributed by atoms with van der Waals surface area (Å²) in [5, 5.41) is 12.0. The van der Waals surface area contributed by atoms with E-state index in [4.69, 9.17) is 5.11 Å². The molecule has 0 heterocycles. The van der Waals surface area contributed by atoms with Gasteiger partial charge in [0.25, 0.3) is 0 Å². The number of carboxylic acid groups (broad SMARTS) is 1. The molecule has 0 aliphatic heterocycles. The number of nitrogens with one attached hydrogen (secondary N) is 1. The van der Waals surface area contributed by atoms with E-state index in [1.165, 1.54) is 0 Å². The van der Waals surface area contributed by atoms with Crippen LogP contribution >= 0.6 is 0 Å². The van der Waals surface area contributed by atoms with Gasteiger partial charge in [0.2, 0.25) is 5.91 Å². The second-order valence-corrected chi connectivity index (χ2v) is 4.97. The fraction of sp³-hybridized carbons (Fsp3) is 0.833. The third kappa shape index (κ3) is 2.36. The molecule has 0 radical (unpaired) electrons. The average molecular weight is 225 g/mol. The quantitative estimate of drug-likeness (QED) is 0.765. The Bertz CT molecular complexity index is 286. The number of hydrogen-bond acceptors (Lipinski definition) is 2. The number of carbonyl (C=O) groups is 2. The summed E-state index contributed by atoms with van der Waals surface area (Å²) in [6.07, 6.45) is 6.57. The van der Waals surface area contributed by atoms with E-state index in [0.717, 1.165) is 38.5 Å². The molecular weight excluding hydrogens is 206 g/mol. The summed E-state index contributed by atoms with van der Waals surface area (Å²) < 4.78 is 0. The highest BCUT2D eigenvalue weighted by Crippen LogP contribution is 2.29. The Morgan fingerprint density at radius 2 is 1.69 bits per heavy atom.